The molecule has 0 N–H and O–H groups in total. The molecule has 5 heteroatoms. The number of ketones is 1. The van der Waals surface area contributed by atoms with E-state index in [1.165, 1.54) is 12.2 Å². The third-order valence-corrected chi connectivity index (χ3v) is 4.44. The van der Waals surface area contributed by atoms with Crippen molar-refractivity contribution in [2.75, 3.05) is 7.11 Å². The van der Waals surface area contributed by atoms with Gasteiger partial charge in [0.15, 0.2) is 5.78 Å². The number of methoxy groups -OCH3 is 1. The summed E-state index contributed by atoms with van der Waals surface area (Å²) in [6.07, 6.45) is 6.06. The van der Waals surface area contributed by atoms with Crippen LogP contribution in [0.3, 0.4) is 0 Å². The van der Waals surface area contributed by atoms with Crippen molar-refractivity contribution in [3.63, 3.8) is 0 Å². The summed E-state index contributed by atoms with van der Waals surface area (Å²) < 4.78 is 10.5. The molecular weight excluding hydrogens is 400 g/mol. The summed E-state index contributed by atoms with van der Waals surface area (Å²) in [6.45, 7) is 0. The molecule has 30 heavy (non-hydrogen) atoms. The highest BCUT2D eigenvalue weighted by Gasteiger charge is 2.12. The molecule has 0 unspecified atom stereocenters. The molecule has 0 saturated heterocycles. The van der Waals surface area contributed by atoms with E-state index >= 15 is 0 Å². The Balaban J connectivity index is 1.69. The van der Waals surface area contributed by atoms with Crippen LogP contribution in [0, 0.1) is 0 Å². The van der Waals surface area contributed by atoms with E-state index in [1.807, 2.05) is 24.3 Å². The van der Waals surface area contributed by atoms with Gasteiger partial charge in [0.25, 0.3) is 0 Å². The van der Waals surface area contributed by atoms with Crippen LogP contribution < -0.4 is 9.47 Å². The Bertz CT molecular complexity index is 1080. The Morgan fingerprint density at radius 1 is 0.800 bits per heavy atom. The van der Waals surface area contributed by atoms with E-state index in [9.17, 15) is 9.59 Å². The van der Waals surface area contributed by atoms with Crippen LogP contribution in [0.4, 0.5) is 0 Å². The van der Waals surface area contributed by atoms with Gasteiger partial charge in [-0.25, -0.2) is 4.79 Å². The molecule has 0 fully saturated rings. The molecule has 0 heterocycles. The van der Waals surface area contributed by atoms with Gasteiger partial charge in [-0.1, -0.05) is 54.1 Å². The molecule has 0 aliphatic rings. The Morgan fingerprint density at radius 2 is 1.40 bits per heavy atom. The van der Waals surface area contributed by atoms with E-state index in [1.54, 1.807) is 67.8 Å². The smallest absolute Gasteiger partial charge is 0.336 e. The SMILES string of the molecule is COc1ccc(/C=C/C(=O)c2ccccc2OC(=O)/C=C/c2ccc(Cl)cc2)cc1. The largest absolute Gasteiger partial charge is 0.497 e. The van der Waals surface area contributed by atoms with Gasteiger partial charge in [0.2, 0.25) is 0 Å². The van der Waals surface area contributed by atoms with E-state index in [2.05, 4.69) is 0 Å². The number of carbonyl (C=O) groups is 2. The molecule has 0 aliphatic carbocycles. The van der Waals surface area contributed by atoms with Gasteiger partial charge in [0.05, 0.1) is 12.7 Å². The summed E-state index contributed by atoms with van der Waals surface area (Å²) in [5.41, 5.74) is 1.96. The summed E-state index contributed by atoms with van der Waals surface area (Å²) in [5, 5.41) is 0.616. The van der Waals surface area contributed by atoms with Crippen LogP contribution in [0.1, 0.15) is 21.5 Å². The van der Waals surface area contributed by atoms with Gasteiger partial charge in [-0.3, -0.25) is 4.79 Å². The normalized spacial score (nSPS) is 11.0. The Labute approximate surface area is 180 Å². The highest BCUT2D eigenvalue weighted by atomic mass is 35.5. The first-order valence-corrected chi connectivity index (χ1v) is 9.54. The number of hydrogen-bond acceptors (Lipinski definition) is 4. The minimum atomic E-state index is -0.579. The number of esters is 1. The molecule has 0 aromatic heterocycles. The first-order valence-electron chi connectivity index (χ1n) is 9.16. The van der Waals surface area contributed by atoms with Crippen molar-refractivity contribution in [3.05, 3.63) is 107 Å². The number of rotatable bonds is 7. The molecule has 0 bridgehead atoms. The van der Waals surface area contributed by atoms with E-state index in [-0.39, 0.29) is 11.5 Å². The second-order valence-corrected chi connectivity index (χ2v) is 6.71. The fourth-order valence-corrected chi connectivity index (χ4v) is 2.74. The van der Waals surface area contributed by atoms with Crippen LogP contribution in [-0.4, -0.2) is 18.9 Å². The van der Waals surface area contributed by atoms with Crippen molar-refractivity contribution in [1.29, 1.82) is 0 Å². The van der Waals surface area contributed by atoms with Crippen LogP contribution in [0.25, 0.3) is 12.2 Å². The second kappa shape index (κ2) is 10.2. The summed E-state index contributed by atoms with van der Waals surface area (Å²) in [4.78, 5) is 24.8. The lowest BCUT2D eigenvalue weighted by molar-refractivity contribution is -0.128. The van der Waals surface area contributed by atoms with Crippen molar-refractivity contribution >= 4 is 35.5 Å². The molecule has 0 saturated carbocycles. The molecule has 0 atom stereocenters. The van der Waals surface area contributed by atoms with Crippen molar-refractivity contribution in [2.24, 2.45) is 0 Å². The third-order valence-electron chi connectivity index (χ3n) is 4.19. The Morgan fingerprint density at radius 3 is 2.07 bits per heavy atom. The maximum atomic E-state index is 12.6. The summed E-state index contributed by atoms with van der Waals surface area (Å²) >= 11 is 5.85. The molecule has 3 aromatic rings. The van der Waals surface area contributed by atoms with E-state index < -0.39 is 5.97 Å². The van der Waals surface area contributed by atoms with Crippen molar-refractivity contribution < 1.29 is 19.1 Å². The average molecular weight is 419 g/mol. The minimum Gasteiger partial charge on any atom is -0.497 e. The van der Waals surface area contributed by atoms with Crippen molar-refractivity contribution in [1.82, 2.24) is 0 Å². The number of halogens is 1. The second-order valence-electron chi connectivity index (χ2n) is 6.27. The fourth-order valence-electron chi connectivity index (χ4n) is 2.62. The van der Waals surface area contributed by atoms with Crippen LogP contribution in [0.2, 0.25) is 5.02 Å². The van der Waals surface area contributed by atoms with Gasteiger partial charge >= 0.3 is 5.97 Å². The summed E-state index contributed by atoms with van der Waals surface area (Å²) in [6, 6.07) is 21.0. The van der Waals surface area contributed by atoms with Gasteiger partial charge in [0, 0.05) is 11.1 Å². The van der Waals surface area contributed by atoms with Gasteiger partial charge in [-0.05, 0) is 59.7 Å². The van der Waals surface area contributed by atoms with Crippen LogP contribution in [0.5, 0.6) is 11.5 Å². The molecule has 0 aliphatic heterocycles. The van der Waals surface area contributed by atoms with Crippen molar-refractivity contribution in [2.45, 2.75) is 0 Å². The number of benzene rings is 3. The van der Waals surface area contributed by atoms with E-state index in [0.717, 1.165) is 16.9 Å². The lowest BCUT2D eigenvalue weighted by atomic mass is 10.1. The highest BCUT2D eigenvalue weighted by molar-refractivity contribution is 6.30. The number of para-hydroxylation sites is 1. The van der Waals surface area contributed by atoms with Gasteiger partial charge in [-0.2, -0.15) is 0 Å². The Hall–Kier alpha value is -3.63. The minimum absolute atomic E-state index is 0.202. The maximum absolute atomic E-state index is 12.6. The number of ether oxygens (including phenoxy) is 2. The van der Waals surface area contributed by atoms with E-state index in [0.29, 0.717) is 10.6 Å². The van der Waals surface area contributed by atoms with Crippen molar-refractivity contribution in [3.8, 4) is 11.5 Å². The molecule has 0 amide bonds. The zero-order chi connectivity index (χ0) is 21.3. The quantitative estimate of drug-likeness (QED) is 0.208. The average Bonchev–Trinajstić information content (AvgIpc) is 2.78. The fraction of sp³-hybridized carbons (Fsp3) is 0.0400. The molecule has 3 aromatic carbocycles. The predicted octanol–water partition coefficient (Wildman–Crippen LogP) is 5.86. The summed E-state index contributed by atoms with van der Waals surface area (Å²) in [7, 11) is 1.59. The summed E-state index contributed by atoms with van der Waals surface area (Å²) in [5.74, 6) is 0.0928. The number of carbonyl (C=O) groups excluding carboxylic acids is 2. The van der Waals surface area contributed by atoms with Crippen LogP contribution >= 0.6 is 11.6 Å². The van der Waals surface area contributed by atoms with E-state index in [4.69, 9.17) is 21.1 Å². The molecule has 4 nitrogen and oxygen atoms in total. The zero-order valence-electron chi connectivity index (χ0n) is 16.2. The van der Waals surface area contributed by atoms with Gasteiger partial charge in [0.1, 0.15) is 11.5 Å². The topological polar surface area (TPSA) is 52.6 Å². The number of allylic oxidation sites excluding steroid dienone is 1. The van der Waals surface area contributed by atoms with Crippen LogP contribution in [-0.2, 0) is 4.79 Å². The Kier molecular flexibility index (Phi) is 7.19. The standard InChI is InChI=1S/C25H19ClO4/c1-29-21-14-8-19(9-15-21)10-16-23(27)22-4-2-3-5-24(22)30-25(28)17-11-18-6-12-20(26)13-7-18/h2-17H,1H3/b16-10+,17-11+. The molecule has 3 rings (SSSR count). The first-order chi connectivity index (χ1) is 14.5. The monoisotopic (exact) mass is 418 g/mol. The molecule has 0 radical (unpaired) electrons. The molecule has 150 valence electrons. The third kappa shape index (κ3) is 5.93. The predicted molar refractivity (Wildman–Crippen MR) is 119 cm³/mol. The van der Waals surface area contributed by atoms with Gasteiger partial charge < -0.3 is 9.47 Å². The molecular formula is C25H19ClO4. The number of hydrogen-bond donors (Lipinski definition) is 0. The lowest BCUT2D eigenvalue weighted by Gasteiger charge is -2.06. The lowest BCUT2D eigenvalue weighted by Crippen LogP contribution is -2.07. The van der Waals surface area contributed by atoms with Crippen LogP contribution in [0.15, 0.2) is 84.9 Å². The highest BCUT2D eigenvalue weighted by Crippen LogP contribution is 2.20. The molecule has 0 spiro atoms. The maximum Gasteiger partial charge on any atom is 0.336 e. The zero-order valence-corrected chi connectivity index (χ0v) is 17.0. The van der Waals surface area contributed by atoms with Gasteiger partial charge in [-0.15, -0.1) is 0 Å². The first kappa shape index (κ1) is 21.1.